The zero-order chi connectivity index (χ0) is 15.7. The lowest BCUT2D eigenvalue weighted by molar-refractivity contribution is 0.597. The van der Waals surface area contributed by atoms with Gasteiger partial charge in [0.05, 0.1) is 4.90 Å². The van der Waals surface area contributed by atoms with E-state index in [0.29, 0.717) is 0 Å². The lowest BCUT2D eigenvalue weighted by Gasteiger charge is -2.35. The number of primary sulfonamides is 1. The van der Waals surface area contributed by atoms with Crippen LogP contribution in [0.25, 0.3) is 0 Å². The molecular formula is C13H17N5O2S2. The monoisotopic (exact) mass is 339 g/mol. The van der Waals surface area contributed by atoms with Crippen molar-refractivity contribution >= 4 is 32.4 Å². The van der Waals surface area contributed by atoms with Crippen molar-refractivity contribution in [1.82, 2.24) is 9.36 Å². The molecule has 0 unspecified atom stereocenters. The summed E-state index contributed by atoms with van der Waals surface area (Å²) in [7, 11) is -3.63. The van der Waals surface area contributed by atoms with Gasteiger partial charge in [0.1, 0.15) is 5.82 Å². The van der Waals surface area contributed by atoms with E-state index in [1.54, 1.807) is 24.3 Å². The van der Waals surface area contributed by atoms with E-state index in [4.69, 9.17) is 5.14 Å². The average molecular weight is 339 g/mol. The van der Waals surface area contributed by atoms with Gasteiger partial charge in [0.25, 0.3) is 0 Å². The van der Waals surface area contributed by atoms with Gasteiger partial charge in [0, 0.05) is 43.4 Å². The van der Waals surface area contributed by atoms with Crippen molar-refractivity contribution < 1.29 is 8.42 Å². The molecule has 3 rings (SSSR count). The molecule has 0 saturated carbocycles. The smallest absolute Gasteiger partial charge is 0.238 e. The zero-order valence-corrected chi connectivity index (χ0v) is 13.8. The van der Waals surface area contributed by atoms with Crippen LogP contribution in [0.3, 0.4) is 0 Å². The zero-order valence-electron chi connectivity index (χ0n) is 12.1. The van der Waals surface area contributed by atoms with Crippen LogP contribution >= 0.6 is 11.5 Å². The first-order valence-corrected chi connectivity index (χ1v) is 9.18. The van der Waals surface area contributed by atoms with Crippen LogP contribution in [-0.2, 0) is 10.0 Å². The molecule has 0 atom stereocenters. The summed E-state index contributed by atoms with van der Waals surface area (Å²) in [5.74, 6) is 0.806. The van der Waals surface area contributed by atoms with Crippen molar-refractivity contribution in [3.8, 4) is 0 Å². The van der Waals surface area contributed by atoms with Crippen LogP contribution in [0.15, 0.2) is 29.2 Å². The number of sulfonamides is 1. The molecule has 1 aliphatic rings. The number of piperazine rings is 1. The minimum absolute atomic E-state index is 0.138. The molecule has 1 aliphatic heterocycles. The molecule has 1 fully saturated rings. The van der Waals surface area contributed by atoms with Gasteiger partial charge in [-0.25, -0.2) is 18.5 Å². The third-order valence-electron chi connectivity index (χ3n) is 3.60. The fourth-order valence-electron chi connectivity index (χ4n) is 2.42. The molecule has 1 aromatic carbocycles. The van der Waals surface area contributed by atoms with E-state index in [1.165, 1.54) is 11.5 Å². The van der Waals surface area contributed by atoms with Gasteiger partial charge in [-0.05, 0) is 31.2 Å². The Morgan fingerprint density at radius 3 is 2.18 bits per heavy atom. The Labute approximate surface area is 133 Å². The van der Waals surface area contributed by atoms with E-state index in [-0.39, 0.29) is 4.90 Å². The van der Waals surface area contributed by atoms with Crippen molar-refractivity contribution in [3.05, 3.63) is 30.1 Å². The summed E-state index contributed by atoms with van der Waals surface area (Å²) in [6, 6.07) is 6.69. The number of anilines is 2. The lowest BCUT2D eigenvalue weighted by atomic mass is 10.2. The summed E-state index contributed by atoms with van der Waals surface area (Å²) in [6.45, 7) is 5.33. The molecule has 2 aromatic rings. The van der Waals surface area contributed by atoms with Gasteiger partial charge in [-0.2, -0.15) is 4.37 Å². The second-order valence-electron chi connectivity index (χ2n) is 5.14. The van der Waals surface area contributed by atoms with Crippen LogP contribution in [0.5, 0.6) is 0 Å². The third kappa shape index (κ3) is 3.21. The molecule has 0 bridgehead atoms. The molecule has 1 saturated heterocycles. The quantitative estimate of drug-likeness (QED) is 0.890. The van der Waals surface area contributed by atoms with Gasteiger partial charge in [0.2, 0.25) is 15.2 Å². The molecule has 9 heteroatoms. The molecule has 0 amide bonds. The molecule has 2 N–H and O–H groups in total. The largest absolute Gasteiger partial charge is 0.368 e. The van der Waals surface area contributed by atoms with Crippen LogP contribution in [0.2, 0.25) is 0 Å². The number of aromatic nitrogens is 2. The normalized spacial score (nSPS) is 16.1. The highest BCUT2D eigenvalue weighted by Gasteiger charge is 2.20. The van der Waals surface area contributed by atoms with E-state index in [1.807, 2.05) is 6.92 Å². The molecule has 7 nitrogen and oxygen atoms in total. The second-order valence-corrected chi connectivity index (χ2v) is 7.43. The van der Waals surface area contributed by atoms with E-state index in [2.05, 4.69) is 19.2 Å². The van der Waals surface area contributed by atoms with Gasteiger partial charge in [-0.15, -0.1) is 0 Å². The van der Waals surface area contributed by atoms with E-state index in [0.717, 1.165) is 42.8 Å². The van der Waals surface area contributed by atoms with Crippen LogP contribution in [0, 0.1) is 6.92 Å². The summed E-state index contributed by atoms with van der Waals surface area (Å²) >= 11 is 1.42. The summed E-state index contributed by atoms with van der Waals surface area (Å²) in [5, 5.41) is 6.07. The Balaban J connectivity index is 1.66. The van der Waals surface area contributed by atoms with Crippen molar-refractivity contribution in [2.24, 2.45) is 5.14 Å². The average Bonchev–Trinajstić information content (AvgIpc) is 2.93. The fourth-order valence-corrected chi connectivity index (χ4v) is 3.66. The molecule has 22 heavy (non-hydrogen) atoms. The number of aryl methyl sites for hydroxylation is 1. The third-order valence-corrected chi connectivity index (χ3v) is 5.39. The van der Waals surface area contributed by atoms with E-state index < -0.39 is 10.0 Å². The topological polar surface area (TPSA) is 92.4 Å². The van der Waals surface area contributed by atoms with Gasteiger partial charge >= 0.3 is 0 Å². The Morgan fingerprint density at radius 1 is 1.09 bits per heavy atom. The number of nitrogens with two attached hydrogens (primary N) is 1. The predicted molar refractivity (Wildman–Crippen MR) is 86.9 cm³/mol. The van der Waals surface area contributed by atoms with Crippen LogP contribution in [0.4, 0.5) is 10.8 Å². The Hall–Kier alpha value is -1.71. The van der Waals surface area contributed by atoms with Crippen molar-refractivity contribution in [1.29, 1.82) is 0 Å². The molecule has 0 aliphatic carbocycles. The Bertz CT molecular complexity index is 749. The van der Waals surface area contributed by atoms with Gasteiger partial charge in [-0.1, -0.05) is 0 Å². The highest BCUT2D eigenvalue weighted by atomic mass is 32.2. The molecule has 0 radical (unpaired) electrons. The van der Waals surface area contributed by atoms with Gasteiger partial charge in [0.15, 0.2) is 0 Å². The van der Waals surface area contributed by atoms with E-state index in [9.17, 15) is 8.42 Å². The molecular weight excluding hydrogens is 322 g/mol. The van der Waals surface area contributed by atoms with E-state index >= 15 is 0 Å². The summed E-state index contributed by atoms with van der Waals surface area (Å²) < 4.78 is 26.7. The summed E-state index contributed by atoms with van der Waals surface area (Å²) in [4.78, 5) is 8.98. The first kappa shape index (κ1) is 15.2. The second kappa shape index (κ2) is 5.82. The summed E-state index contributed by atoms with van der Waals surface area (Å²) in [5.41, 5.74) is 1.00. The SMILES string of the molecule is Cc1nsc(N2CCN(c3ccc(S(N)(=O)=O)cc3)CC2)n1. The number of hydrogen-bond acceptors (Lipinski definition) is 7. The number of nitrogens with zero attached hydrogens (tertiary/aromatic N) is 4. The predicted octanol–water partition coefficient (Wildman–Crippen LogP) is 0.821. The number of benzene rings is 1. The standard InChI is InChI=1S/C13H17N5O2S2/c1-10-15-13(21-16-10)18-8-6-17(7-9-18)11-2-4-12(5-3-11)22(14,19)20/h2-5H,6-9H2,1H3,(H2,14,19,20). The first-order chi connectivity index (χ1) is 10.4. The molecule has 1 aromatic heterocycles. The highest BCUT2D eigenvalue weighted by Crippen LogP contribution is 2.22. The Kier molecular flexibility index (Phi) is 4.02. The fraction of sp³-hybridized carbons (Fsp3) is 0.385. The minimum Gasteiger partial charge on any atom is -0.368 e. The van der Waals surface area contributed by atoms with Crippen molar-refractivity contribution in [2.75, 3.05) is 36.0 Å². The lowest BCUT2D eigenvalue weighted by Crippen LogP contribution is -2.46. The van der Waals surface area contributed by atoms with Crippen LogP contribution < -0.4 is 14.9 Å². The van der Waals surface area contributed by atoms with Gasteiger partial charge in [-0.3, -0.25) is 0 Å². The summed E-state index contributed by atoms with van der Waals surface area (Å²) in [6.07, 6.45) is 0. The maximum atomic E-state index is 11.3. The number of hydrogen-bond donors (Lipinski definition) is 1. The van der Waals surface area contributed by atoms with Crippen molar-refractivity contribution in [3.63, 3.8) is 0 Å². The van der Waals surface area contributed by atoms with Gasteiger partial charge < -0.3 is 9.80 Å². The maximum absolute atomic E-state index is 11.3. The molecule has 2 heterocycles. The Morgan fingerprint density at radius 2 is 1.68 bits per heavy atom. The molecule has 0 spiro atoms. The van der Waals surface area contributed by atoms with Crippen LogP contribution in [-0.4, -0.2) is 44.0 Å². The van der Waals surface area contributed by atoms with Crippen LogP contribution in [0.1, 0.15) is 5.82 Å². The molecule has 118 valence electrons. The number of rotatable bonds is 3. The van der Waals surface area contributed by atoms with Crippen molar-refractivity contribution in [2.45, 2.75) is 11.8 Å². The highest BCUT2D eigenvalue weighted by molar-refractivity contribution is 7.89. The maximum Gasteiger partial charge on any atom is 0.238 e. The first-order valence-electron chi connectivity index (χ1n) is 6.86. The minimum atomic E-state index is -3.63.